The summed E-state index contributed by atoms with van der Waals surface area (Å²) in [4.78, 5) is 9.24. The Balaban J connectivity index is 1.96. The number of benzene rings is 2. The van der Waals surface area contributed by atoms with E-state index in [-0.39, 0.29) is 0 Å². The fourth-order valence-electron chi connectivity index (χ4n) is 2.52. The largest absolute Gasteiger partial charge is 0.495 e. The zero-order chi connectivity index (χ0) is 19.1. The lowest BCUT2D eigenvalue weighted by atomic mass is 10.2. The Hall–Kier alpha value is -2.83. The van der Waals surface area contributed by atoms with E-state index >= 15 is 0 Å². The maximum absolute atomic E-state index is 6.13. The van der Waals surface area contributed by atoms with E-state index in [0.29, 0.717) is 41.4 Å². The van der Waals surface area contributed by atoms with Crippen LogP contribution in [-0.4, -0.2) is 37.3 Å². The van der Waals surface area contributed by atoms with Gasteiger partial charge in [0.25, 0.3) is 0 Å². The molecule has 0 saturated carbocycles. The smallest absolute Gasteiger partial charge is 0.163 e. The van der Waals surface area contributed by atoms with E-state index in [1.807, 2.05) is 42.5 Å². The van der Waals surface area contributed by atoms with Crippen molar-refractivity contribution in [3.05, 3.63) is 59.6 Å². The number of hydrogen-bond donors (Lipinski definition) is 2. The summed E-state index contributed by atoms with van der Waals surface area (Å²) < 4.78 is 10.5. The number of hydrogen-bond acceptors (Lipinski definition) is 6. The molecule has 0 aliphatic carbocycles. The van der Waals surface area contributed by atoms with Crippen LogP contribution in [0.1, 0.15) is 0 Å². The molecule has 140 valence electrons. The van der Waals surface area contributed by atoms with E-state index in [9.17, 15) is 0 Å². The quantitative estimate of drug-likeness (QED) is 0.553. The average Bonchev–Trinajstić information content (AvgIpc) is 2.69. The molecule has 1 aromatic heterocycles. The lowest BCUT2D eigenvalue weighted by Gasteiger charge is -2.14. The molecule has 2 aromatic carbocycles. The van der Waals surface area contributed by atoms with Crippen molar-refractivity contribution in [2.75, 3.05) is 38.0 Å². The third-order valence-electron chi connectivity index (χ3n) is 3.79. The van der Waals surface area contributed by atoms with Gasteiger partial charge in [0.15, 0.2) is 5.82 Å². The van der Waals surface area contributed by atoms with Gasteiger partial charge in [0.1, 0.15) is 17.4 Å². The van der Waals surface area contributed by atoms with Gasteiger partial charge in [-0.15, -0.1) is 0 Å². The van der Waals surface area contributed by atoms with Crippen LogP contribution in [-0.2, 0) is 4.74 Å². The first-order valence-electron chi connectivity index (χ1n) is 8.47. The van der Waals surface area contributed by atoms with E-state index in [4.69, 9.17) is 21.1 Å². The minimum atomic E-state index is 0.579. The predicted octanol–water partition coefficient (Wildman–Crippen LogP) is 4.61. The second-order valence-corrected chi connectivity index (χ2v) is 6.15. The van der Waals surface area contributed by atoms with Crippen LogP contribution in [0.3, 0.4) is 0 Å². The molecule has 0 amide bonds. The number of ether oxygens (including phenoxy) is 2. The molecule has 27 heavy (non-hydrogen) atoms. The van der Waals surface area contributed by atoms with Crippen molar-refractivity contribution in [2.45, 2.75) is 0 Å². The first kappa shape index (κ1) is 18.9. The highest BCUT2D eigenvalue weighted by atomic mass is 35.5. The molecular weight excluding hydrogens is 364 g/mol. The third-order valence-corrected chi connectivity index (χ3v) is 4.03. The molecule has 6 nitrogen and oxygen atoms in total. The fourth-order valence-corrected chi connectivity index (χ4v) is 2.69. The molecule has 0 atom stereocenters. The molecule has 0 spiro atoms. The van der Waals surface area contributed by atoms with E-state index < -0.39 is 0 Å². The molecule has 3 aromatic rings. The Morgan fingerprint density at radius 3 is 2.48 bits per heavy atom. The molecule has 0 aliphatic heterocycles. The van der Waals surface area contributed by atoms with Crippen molar-refractivity contribution in [3.63, 3.8) is 0 Å². The van der Waals surface area contributed by atoms with Crippen LogP contribution in [0.2, 0.25) is 5.02 Å². The van der Waals surface area contributed by atoms with Crippen molar-refractivity contribution in [1.29, 1.82) is 0 Å². The third kappa shape index (κ3) is 5.09. The average molecular weight is 385 g/mol. The normalized spacial score (nSPS) is 10.5. The van der Waals surface area contributed by atoms with Gasteiger partial charge in [-0.05, 0) is 18.2 Å². The minimum Gasteiger partial charge on any atom is -0.495 e. The Bertz CT molecular complexity index is 890. The maximum atomic E-state index is 6.13. The Morgan fingerprint density at radius 1 is 0.963 bits per heavy atom. The Labute approximate surface area is 163 Å². The molecule has 0 aliphatic rings. The first-order valence-corrected chi connectivity index (χ1v) is 8.85. The van der Waals surface area contributed by atoms with Gasteiger partial charge in [0, 0.05) is 30.3 Å². The second kappa shape index (κ2) is 9.21. The molecule has 7 heteroatoms. The zero-order valence-corrected chi connectivity index (χ0v) is 16.0. The van der Waals surface area contributed by atoms with Crippen molar-refractivity contribution in [3.8, 4) is 17.1 Å². The van der Waals surface area contributed by atoms with Gasteiger partial charge in [-0.2, -0.15) is 0 Å². The highest BCUT2D eigenvalue weighted by molar-refractivity contribution is 6.31. The monoisotopic (exact) mass is 384 g/mol. The van der Waals surface area contributed by atoms with Crippen LogP contribution in [0.4, 0.5) is 17.3 Å². The van der Waals surface area contributed by atoms with Crippen LogP contribution in [0, 0.1) is 0 Å². The van der Waals surface area contributed by atoms with Gasteiger partial charge in [-0.25, -0.2) is 9.97 Å². The Kier molecular flexibility index (Phi) is 6.46. The number of rotatable bonds is 8. The lowest BCUT2D eigenvalue weighted by molar-refractivity contribution is 0.210. The number of nitrogens with one attached hydrogen (secondary N) is 2. The Morgan fingerprint density at radius 2 is 1.74 bits per heavy atom. The van der Waals surface area contributed by atoms with Gasteiger partial charge < -0.3 is 20.1 Å². The summed E-state index contributed by atoms with van der Waals surface area (Å²) in [6, 6.07) is 17.0. The number of methoxy groups -OCH3 is 2. The van der Waals surface area contributed by atoms with Crippen molar-refractivity contribution in [2.24, 2.45) is 0 Å². The summed E-state index contributed by atoms with van der Waals surface area (Å²) in [5, 5.41) is 7.13. The number of nitrogens with zero attached hydrogens (tertiary/aromatic N) is 2. The van der Waals surface area contributed by atoms with Gasteiger partial charge >= 0.3 is 0 Å². The highest BCUT2D eigenvalue weighted by Crippen LogP contribution is 2.31. The molecule has 0 fully saturated rings. The number of halogens is 1. The minimum absolute atomic E-state index is 0.579. The molecule has 0 bridgehead atoms. The van der Waals surface area contributed by atoms with Crippen LogP contribution < -0.4 is 15.4 Å². The van der Waals surface area contributed by atoms with E-state index in [0.717, 1.165) is 11.3 Å². The van der Waals surface area contributed by atoms with Gasteiger partial charge in [0.05, 0.1) is 19.4 Å². The van der Waals surface area contributed by atoms with Gasteiger partial charge in [-0.1, -0.05) is 41.9 Å². The predicted molar refractivity (Wildman–Crippen MR) is 109 cm³/mol. The fraction of sp³-hybridized carbons (Fsp3) is 0.200. The SMILES string of the molecule is COCCNc1cc(Nc2cc(Cl)ccc2OC)nc(-c2ccccc2)n1. The number of anilines is 3. The van der Waals surface area contributed by atoms with Crippen LogP contribution in [0.25, 0.3) is 11.4 Å². The van der Waals surface area contributed by atoms with Crippen molar-refractivity contribution in [1.82, 2.24) is 9.97 Å². The lowest BCUT2D eigenvalue weighted by Crippen LogP contribution is -2.10. The molecule has 1 heterocycles. The van der Waals surface area contributed by atoms with Gasteiger partial charge in [-0.3, -0.25) is 0 Å². The topological polar surface area (TPSA) is 68.3 Å². The summed E-state index contributed by atoms with van der Waals surface area (Å²) in [5.74, 6) is 2.61. The van der Waals surface area contributed by atoms with Crippen LogP contribution in [0.15, 0.2) is 54.6 Å². The molecular formula is C20H21ClN4O2. The molecule has 2 N–H and O–H groups in total. The molecule has 0 unspecified atom stereocenters. The van der Waals surface area contributed by atoms with Crippen LogP contribution >= 0.6 is 11.6 Å². The van der Waals surface area contributed by atoms with Crippen molar-refractivity contribution >= 4 is 28.9 Å². The van der Waals surface area contributed by atoms with E-state index in [1.165, 1.54) is 0 Å². The standard InChI is InChI=1S/C20H21ClN4O2/c1-26-11-10-22-18-13-19(23-16-12-15(21)8-9-17(16)27-2)25-20(24-18)14-6-4-3-5-7-14/h3-9,12-13H,10-11H2,1-2H3,(H2,22,23,24,25). The highest BCUT2D eigenvalue weighted by Gasteiger charge is 2.10. The maximum Gasteiger partial charge on any atom is 0.163 e. The molecule has 0 radical (unpaired) electrons. The van der Waals surface area contributed by atoms with Gasteiger partial charge in [0.2, 0.25) is 0 Å². The van der Waals surface area contributed by atoms with Crippen LogP contribution in [0.5, 0.6) is 5.75 Å². The summed E-state index contributed by atoms with van der Waals surface area (Å²) in [6.45, 7) is 1.22. The summed E-state index contributed by atoms with van der Waals surface area (Å²) in [5.41, 5.74) is 1.65. The first-order chi connectivity index (χ1) is 13.2. The summed E-state index contributed by atoms with van der Waals surface area (Å²) in [6.07, 6.45) is 0. The number of aromatic nitrogens is 2. The van der Waals surface area contributed by atoms with E-state index in [1.54, 1.807) is 26.4 Å². The zero-order valence-electron chi connectivity index (χ0n) is 15.2. The van der Waals surface area contributed by atoms with E-state index in [2.05, 4.69) is 20.6 Å². The summed E-state index contributed by atoms with van der Waals surface area (Å²) in [7, 11) is 3.27. The molecule has 3 rings (SSSR count). The summed E-state index contributed by atoms with van der Waals surface area (Å²) >= 11 is 6.13. The molecule has 0 saturated heterocycles. The second-order valence-electron chi connectivity index (χ2n) is 5.72. The van der Waals surface area contributed by atoms with Crippen molar-refractivity contribution < 1.29 is 9.47 Å².